The SMILES string of the molecule is COC(=O)CCCC(=O)N(CCN(C)C)CC(=O)N1CC(=O)N(c2ccc(Cl)cc2)C1. The van der Waals surface area contributed by atoms with E-state index < -0.39 is 0 Å². The molecule has 1 heterocycles. The molecule has 9 nitrogen and oxygen atoms in total. The second-order valence-electron chi connectivity index (χ2n) is 7.58. The number of methoxy groups -OCH3 is 1. The molecule has 0 aliphatic carbocycles. The number of ether oxygens (including phenoxy) is 1. The van der Waals surface area contributed by atoms with Crippen molar-refractivity contribution in [3.8, 4) is 0 Å². The maximum Gasteiger partial charge on any atom is 0.305 e. The third-order valence-corrected chi connectivity index (χ3v) is 5.18. The predicted molar refractivity (Wildman–Crippen MR) is 117 cm³/mol. The Morgan fingerprint density at radius 3 is 2.39 bits per heavy atom. The summed E-state index contributed by atoms with van der Waals surface area (Å²) in [5, 5.41) is 0.561. The molecule has 1 aliphatic heterocycles. The number of likely N-dealkylation sites (N-methyl/N-ethyl adjacent to an activating group) is 1. The Hall–Kier alpha value is -2.65. The maximum absolute atomic E-state index is 12.9. The van der Waals surface area contributed by atoms with Gasteiger partial charge in [-0.25, -0.2) is 0 Å². The van der Waals surface area contributed by atoms with Gasteiger partial charge in [-0.05, 0) is 44.8 Å². The van der Waals surface area contributed by atoms with E-state index >= 15 is 0 Å². The molecule has 0 saturated carbocycles. The number of rotatable bonds is 10. The molecule has 0 radical (unpaired) electrons. The molecule has 0 atom stereocenters. The van der Waals surface area contributed by atoms with Crippen LogP contribution in [0.15, 0.2) is 24.3 Å². The van der Waals surface area contributed by atoms with Crippen molar-refractivity contribution in [3.63, 3.8) is 0 Å². The van der Waals surface area contributed by atoms with Crippen molar-refractivity contribution < 1.29 is 23.9 Å². The average molecular weight is 453 g/mol. The van der Waals surface area contributed by atoms with E-state index in [0.717, 1.165) is 0 Å². The zero-order chi connectivity index (χ0) is 23.0. The van der Waals surface area contributed by atoms with E-state index in [1.165, 1.54) is 21.8 Å². The molecule has 0 spiro atoms. The van der Waals surface area contributed by atoms with Crippen LogP contribution < -0.4 is 4.90 Å². The van der Waals surface area contributed by atoms with E-state index in [1.54, 1.807) is 24.3 Å². The summed E-state index contributed by atoms with van der Waals surface area (Å²) >= 11 is 5.90. The monoisotopic (exact) mass is 452 g/mol. The fourth-order valence-corrected chi connectivity index (χ4v) is 3.21. The van der Waals surface area contributed by atoms with Gasteiger partial charge in [0.15, 0.2) is 0 Å². The van der Waals surface area contributed by atoms with Crippen LogP contribution in [0.3, 0.4) is 0 Å². The molecule has 10 heteroatoms. The van der Waals surface area contributed by atoms with Gasteiger partial charge in [0.2, 0.25) is 17.7 Å². The Balaban J connectivity index is 1.98. The summed E-state index contributed by atoms with van der Waals surface area (Å²) in [6, 6.07) is 6.82. The molecule has 0 N–H and O–H groups in total. The summed E-state index contributed by atoms with van der Waals surface area (Å²) in [7, 11) is 5.06. The van der Waals surface area contributed by atoms with Gasteiger partial charge < -0.3 is 19.4 Å². The number of anilines is 1. The quantitative estimate of drug-likeness (QED) is 0.495. The number of benzene rings is 1. The predicted octanol–water partition coefficient (Wildman–Crippen LogP) is 1.21. The highest BCUT2D eigenvalue weighted by molar-refractivity contribution is 6.30. The fourth-order valence-electron chi connectivity index (χ4n) is 3.08. The van der Waals surface area contributed by atoms with Gasteiger partial charge >= 0.3 is 5.97 Å². The Labute approximate surface area is 187 Å². The molecule has 1 saturated heterocycles. The highest BCUT2D eigenvalue weighted by Gasteiger charge is 2.33. The normalized spacial score (nSPS) is 13.6. The number of hydrogen-bond acceptors (Lipinski definition) is 6. The molecule has 1 fully saturated rings. The van der Waals surface area contributed by atoms with Crippen LogP contribution in [0.1, 0.15) is 19.3 Å². The Morgan fingerprint density at radius 1 is 1.10 bits per heavy atom. The molecule has 3 amide bonds. The first kappa shape index (κ1) is 24.6. The Morgan fingerprint density at radius 2 is 1.77 bits per heavy atom. The zero-order valence-electron chi connectivity index (χ0n) is 18.2. The lowest BCUT2D eigenvalue weighted by Gasteiger charge is -2.26. The van der Waals surface area contributed by atoms with Crippen molar-refractivity contribution in [2.75, 3.05) is 59.0 Å². The lowest BCUT2D eigenvalue weighted by molar-refractivity contribution is -0.142. The highest BCUT2D eigenvalue weighted by atomic mass is 35.5. The number of carbonyl (C=O) groups excluding carboxylic acids is 4. The molecule has 170 valence electrons. The van der Waals surface area contributed by atoms with Crippen molar-refractivity contribution >= 4 is 41.0 Å². The van der Waals surface area contributed by atoms with Gasteiger partial charge in [0.1, 0.15) is 13.2 Å². The van der Waals surface area contributed by atoms with Crippen LogP contribution in [0.4, 0.5) is 5.69 Å². The summed E-state index contributed by atoms with van der Waals surface area (Å²) < 4.78 is 4.59. The second-order valence-corrected chi connectivity index (χ2v) is 8.02. The summed E-state index contributed by atoms with van der Waals surface area (Å²) in [5.41, 5.74) is 0.660. The highest BCUT2D eigenvalue weighted by Crippen LogP contribution is 2.22. The van der Waals surface area contributed by atoms with Crippen LogP contribution in [-0.4, -0.2) is 92.4 Å². The molecule has 2 rings (SSSR count). The van der Waals surface area contributed by atoms with E-state index in [-0.39, 0.29) is 56.3 Å². The number of amides is 3. The number of hydrogen-bond donors (Lipinski definition) is 0. The number of esters is 1. The molecule has 31 heavy (non-hydrogen) atoms. The lowest BCUT2D eigenvalue weighted by Crippen LogP contribution is -2.45. The molecule has 1 aromatic carbocycles. The van der Waals surface area contributed by atoms with Gasteiger partial charge in [-0.2, -0.15) is 0 Å². The standard InChI is InChI=1S/C21H29ClN4O5/c1-23(2)11-12-24(18(27)5-4-6-21(30)31-3)13-19(28)25-14-20(29)26(15-25)17-9-7-16(22)8-10-17/h7-10H,4-6,11-15H2,1-3H3. The molecular weight excluding hydrogens is 424 g/mol. The minimum absolute atomic E-state index is 0.0422. The van der Waals surface area contributed by atoms with E-state index in [1.807, 2.05) is 19.0 Å². The van der Waals surface area contributed by atoms with Gasteiger partial charge in [-0.3, -0.25) is 24.1 Å². The Kier molecular flexibility index (Phi) is 9.26. The van der Waals surface area contributed by atoms with Gasteiger partial charge in [-0.15, -0.1) is 0 Å². The summed E-state index contributed by atoms with van der Waals surface area (Å²) in [4.78, 5) is 55.5. The van der Waals surface area contributed by atoms with Crippen LogP contribution >= 0.6 is 11.6 Å². The molecule has 0 unspecified atom stereocenters. The van der Waals surface area contributed by atoms with E-state index in [4.69, 9.17) is 11.6 Å². The lowest BCUT2D eigenvalue weighted by atomic mass is 10.2. The topological polar surface area (TPSA) is 90.5 Å². The Bertz CT molecular complexity index is 799. The second kappa shape index (κ2) is 11.7. The first-order valence-electron chi connectivity index (χ1n) is 10.0. The minimum Gasteiger partial charge on any atom is -0.469 e. The van der Waals surface area contributed by atoms with Gasteiger partial charge in [-0.1, -0.05) is 11.6 Å². The largest absolute Gasteiger partial charge is 0.469 e. The first-order chi connectivity index (χ1) is 14.7. The maximum atomic E-state index is 12.9. The van der Waals surface area contributed by atoms with Crippen LogP contribution in [0, 0.1) is 0 Å². The smallest absolute Gasteiger partial charge is 0.305 e. The van der Waals surface area contributed by atoms with E-state index in [2.05, 4.69) is 4.74 Å². The number of nitrogens with zero attached hydrogens (tertiary/aromatic N) is 4. The first-order valence-corrected chi connectivity index (χ1v) is 10.4. The van der Waals surface area contributed by atoms with Crippen LogP contribution in [0.5, 0.6) is 0 Å². The third-order valence-electron chi connectivity index (χ3n) is 4.93. The summed E-state index contributed by atoms with van der Waals surface area (Å²) in [6.45, 7) is 0.924. The number of halogens is 1. The summed E-state index contributed by atoms with van der Waals surface area (Å²) in [5.74, 6) is -1.08. The fraction of sp³-hybridized carbons (Fsp3) is 0.524. The summed E-state index contributed by atoms with van der Waals surface area (Å²) in [6.07, 6.45) is 0.644. The molecule has 0 aromatic heterocycles. The van der Waals surface area contributed by atoms with Gasteiger partial charge in [0.05, 0.1) is 13.7 Å². The van der Waals surface area contributed by atoms with E-state index in [9.17, 15) is 19.2 Å². The third kappa shape index (κ3) is 7.52. The zero-order valence-corrected chi connectivity index (χ0v) is 18.9. The molecule has 1 aromatic rings. The molecule has 0 bridgehead atoms. The van der Waals surface area contributed by atoms with Crippen molar-refractivity contribution in [2.45, 2.75) is 19.3 Å². The van der Waals surface area contributed by atoms with Crippen molar-refractivity contribution in [3.05, 3.63) is 29.3 Å². The van der Waals surface area contributed by atoms with Crippen molar-refractivity contribution in [2.24, 2.45) is 0 Å². The van der Waals surface area contributed by atoms with Crippen LogP contribution in [0.25, 0.3) is 0 Å². The molecular formula is C21H29ClN4O5. The average Bonchev–Trinajstić information content (AvgIpc) is 3.12. The number of carbonyl (C=O) groups is 4. The van der Waals surface area contributed by atoms with Crippen molar-refractivity contribution in [1.82, 2.24) is 14.7 Å². The van der Waals surface area contributed by atoms with E-state index in [0.29, 0.717) is 30.2 Å². The van der Waals surface area contributed by atoms with Crippen LogP contribution in [-0.2, 0) is 23.9 Å². The van der Waals surface area contributed by atoms with Crippen LogP contribution in [0.2, 0.25) is 5.02 Å². The van der Waals surface area contributed by atoms with Crippen molar-refractivity contribution in [1.29, 1.82) is 0 Å². The van der Waals surface area contributed by atoms with Gasteiger partial charge in [0, 0.05) is 36.6 Å². The van der Waals surface area contributed by atoms with Gasteiger partial charge in [0.25, 0.3) is 0 Å². The minimum atomic E-state index is -0.374. The molecule has 1 aliphatic rings.